The fraction of sp³-hybridized carbons (Fsp3) is 0.316. The van der Waals surface area contributed by atoms with E-state index in [4.69, 9.17) is 4.74 Å². The van der Waals surface area contributed by atoms with Gasteiger partial charge in [0.05, 0.1) is 11.3 Å². The number of para-hydroxylation sites is 1. The zero-order valence-corrected chi connectivity index (χ0v) is 14.3. The van der Waals surface area contributed by atoms with Gasteiger partial charge in [-0.15, -0.1) is 0 Å². The highest BCUT2D eigenvalue weighted by atomic mass is 19.4. The van der Waals surface area contributed by atoms with Crippen LogP contribution in [0.4, 0.5) is 18.9 Å². The number of alkyl halides is 3. The first-order valence-corrected chi connectivity index (χ1v) is 7.93. The number of rotatable bonds is 5. The maximum Gasteiger partial charge on any atom is 0.418 e. The van der Waals surface area contributed by atoms with E-state index in [0.717, 1.165) is 17.2 Å². The summed E-state index contributed by atoms with van der Waals surface area (Å²) in [7, 11) is 0. The fourth-order valence-electron chi connectivity index (χ4n) is 2.33. The number of hydrogen-bond acceptors (Lipinski definition) is 2. The van der Waals surface area contributed by atoms with Gasteiger partial charge in [-0.25, -0.2) is 0 Å². The number of anilines is 1. The van der Waals surface area contributed by atoms with Gasteiger partial charge in [0.25, 0.3) is 5.91 Å². The second kappa shape index (κ2) is 7.59. The van der Waals surface area contributed by atoms with Gasteiger partial charge in [0.15, 0.2) is 6.10 Å². The molecular weight excluding hydrogens is 331 g/mol. The van der Waals surface area contributed by atoms with Crippen LogP contribution in [-0.4, -0.2) is 12.0 Å². The number of ether oxygens (including phenoxy) is 1. The Hall–Kier alpha value is -2.50. The van der Waals surface area contributed by atoms with Gasteiger partial charge in [0.1, 0.15) is 5.75 Å². The van der Waals surface area contributed by atoms with Crippen LogP contribution in [0.25, 0.3) is 0 Å². The minimum Gasteiger partial charge on any atom is -0.481 e. The van der Waals surface area contributed by atoms with Crippen molar-refractivity contribution in [3.8, 4) is 5.75 Å². The molecule has 0 bridgehead atoms. The van der Waals surface area contributed by atoms with E-state index in [0.29, 0.717) is 12.2 Å². The zero-order chi connectivity index (χ0) is 18.6. The molecule has 0 aliphatic carbocycles. The second-order valence-electron chi connectivity index (χ2n) is 5.79. The highest BCUT2D eigenvalue weighted by Crippen LogP contribution is 2.34. The summed E-state index contributed by atoms with van der Waals surface area (Å²) in [6, 6.07) is 10.3. The highest BCUT2D eigenvalue weighted by molar-refractivity contribution is 5.95. The van der Waals surface area contributed by atoms with Crippen molar-refractivity contribution in [2.24, 2.45) is 0 Å². The van der Waals surface area contributed by atoms with Crippen molar-refractivity contribution < 1.29 is 22.7 Å². The molecule has 0 aliphatic rings. The monoisotopic (exact) mass is 351 g/mol. The molecule has 0 heterocycles. The number of aryl methyl sites for hydroxylation is 2. The lowest BCUT2D eigenvalue weighted by molar-refractivity contribution is -0.137. The van der Waals surface area contributed by atoms with Crippen molar-refractivity contribution in [2.75, 3.05) is 5.32 Å². The standard InChI is InChI=1S/C19H20F3NO2/c1-4-17(25-14-10-9-12(2)13(3)11-14)18(24)23-16-8-6-5-7-15(16)19(20,21)22/h5-11,17H,4H2,1-3H3,(H,23,24)/t17-/m0/s1. The Labute approximate surface area is 144 Å². The zero-order valence-electron chi connectivity index (χ0n) is 14.3. The maximum absolute atomic E-state index is 13.0. The predicted octanol–water partition coefficient (Wildman–Crippen LogP) is 5.12. The molecule has 1 atom stereocenters. The summed E-state index contributed by atoms with van der Waals surface area (Å²) < 4.78 is 44.8. The van der Waals surface area contributed by atoms with E-state index in [1.54, 1.807) is 19.1 Å². The van der Waals surface area contributed by atoms with Gasteiger partial charge in [-0.1, -0.05) is 25.1 Å². The fourth-order valence-corrected chi connectivity index (χ4v) is 2.33. The summed E-state index contributed by atoms with van der Waals surface area (Å²) >= 11 is 0. The van der Waals surface area contributed by atoms with Gasteiger partial charge in [0.2, 0.25) is 0 Å². The Morgan fingerprint density at radius 1 is 1.12 bits per heavy atom. The third-order valence-corrected chi connectivity index (χ3v) is 3.91. The number of hydrogen-bond donors (Lipinski definition) is 1. The molecule has 0 spiro atoms. The molecule has 0 fully saturated rings. The van der Waals surface area contributed by atoms with Crippen LogP contribution >= 0.6 is 0 Å². The molecule has 1 amide bonds. The lowest BCUT2D eigenvalue weighted by atomic mass is 10.1. The molecule has 6 heteroatoms. The Morgan fingerprint density at radius 3 is 2.40 bits per heavy atom. The third kappa shape index (κ3) is 4.75. The molecule has 134 valence electrons. The van der Waals surface area contributed by atoms with Crippen LogP contribution in [-0.2, 0) is 11.0 Å². The number of amides is 1. The minimum absolute atomic E-state index is 0.276. The van der Waals surface area contributed by atoms with Gasteiger partial charge in [0, 0.05) is 0 Å². The van der Waals surface area contributed by atoms with Crippen LogP contribution in [0.3, 0.4) is 0 Å². The molecule has 0 saturated heterocycles. The van der Waals surface area contributed by atoms with Crippen molar-refractivity contribution in [2.45, 2.75) is 39.5 Å². The van der Waals surface area contributed by atoms with E-state index < -0.39 is 23.8 Å². The minimum atomic E-state index is -4.54. The highest BCUT2D eigenvalue weighted by Gasteiger charge is 2.34. The SMILES string of the molecule is CC[C@H](Oc1ccc(C)c(C)c1)C(=O)Nc1ccccc1C(F)(F)F. The van der Waals surface area contributed by atoms with Crippen LogP contribution in [0.5, 0.6) is 5.75 Å². The van der Waals surface area contributed by atoms with Crippen LogP contribution in [0, 0.1) is 13.8 Å². The van der Waals surface area contributed by atoms with Crippen LogP contribution < -0.4 is 10.1 Å². The summed E-state index contributed by atoms with van der Waals surface area (Å²) in [6.45, 7) is 5.61. The van der Waals surface area contributed by atoms with E-state index in [1.165, 1.54) is 18.2 Å². The van der Waals surface area contributed by atoms with Gasteiger partial charge in [-0.3, -0.25) is 4.79 Å². The van der Waals surface area contributed by atoms with Gasteiger partial charge >= 0.3 is 6.18 Å². The number of carbonyl (C=O) groups is 1. The summed E-state index contributed by atoms with van der Waals surface area (Å²) in [4.78, 5) is 12.4. The van der Waals surface area contributed by atoms with E-state index in [2.05, 4.69) is 5.32 Å². The molecule has 1 N–H and O–H groups in total. The quantitative estimate of drug-likeness (QED) is 0.812. The lowest BCUT2D eigenvalue weighted by Crippen LogP contribution is -2.33. The smallest absolute Gasteiger partial charge is 0.418 e. The average Bonchev–Trinajstić information content (AvgIpc) is 2.55. The van der Waals surface area contributed by atoms with E-state index in [1.807, 2.05) is 19.9 Å². The number of carbonyl (C=O) groups excluding carboxylic acids is 1. The summed E-state index contributed by atoms with van der Waals surface area (Å²) in [6.07, 6.45) is -5.10. The number of nitrogens with one attached hydrogen (secondary N) is 1. The average molecular weight is 351 g/mol. The molecule has 0 aliphatic heterocycles. The normalized spacial score (nSPS) is 12.6. The largest absolute Gasteiger partial charge is 0.481 e. The predicted molar refractivity (Wildman–Crippen MR) is 90.7 cm³/mol. The van der Waals surface area contributed by atoms with E-state index in [-0.39, 0.29) is 5.69 Å². The number of halogens is 3. The lowest BCUT2D eigenvalue weighted by Gasteiger charge is -2.19. The van der Waals surface area contributed by atoms with Crippen molar-refractivity contribution in [3.05, 3.63) is 59.2 Å². The van der Waals surface area contributed by atoms with Crippen molar-refractivity contribution >= 4 is 11.6 Å². The Bertz CT molecular complexity index is 757. The van der Waals surface area contributed by atoms with Gasteiger partial charge in [-0.2, -0.15) is 13.2 Å². The molecule has 0 saturated carbocycles. The van der Waals surface area contributed by atoms with Crippen LogP contribution in [0.2, 0.25) is 0 Å². The molecule has 3 nitrogen and oxygen atoms in total. The molecule has 2 aromatic rings. The molecule has 0 unspecified atom stereocenters. The van der Waals surface area contributed by atoms with Crippen molar-refractivity contribution in [3.63, 3.8) is 0 Å². The first-order chi connectivity index (χ1) is 11.7. The van der Waals surface area contributed by atoms with Crippen LogP contribution in [0.1, 0.15) is 30.0 Å². The van der Waals surface area contributed by atoms with Crippen LogP contribution in [0.15, 0.2) is 42.5 Å². The summed E-state index contributed by atoms with van der Waals surface area (Å²) in [5.41, 5.74) is 0.936. The maximum atomic E-state index is 13.0. The van der Waals surface area contributed by atoms with Gasteiger partial charge in [-0.05, 0) is 55.7 Å². The first kappa shape index (κ1) is 18.8. The molecule has 2 aromatic carbocycles. The van der Waals surface area contributed by atoms with Crippen molar-refractivity contribution in [1.29, 1.82) is 0 Å². The number of benzene rings is 2. The second-order valence-corrected chi connectivity index (χ2v) is 5.79. The Kier molecular flexibility index (Phi) is 5.72. The summed E-state index contributed by atoms with van der Waals surface area (Å²) in [5, 5.41) is 2.33. The first-order valence-electron chi connectivity index (χ1n) is 7.93. The topological polar surface area (TPSA) is 38.3 Å². The molecule has 2 rings (SSSR count). The van der Waals surface area contributed by atoms with E-state index in [9.17, 15) is 18.0 Å². The summed E-state index contributed by atoms with van der Waals surface area (Å²) in [5.74, 6) is -0.105. The van der Waals surface area contributed by atoms with Crippen molar-refractivity contribution in [1.82, 2.24) is 0 Å². The molecule has 0 radical (unpaired) electrons. The molecular formula is C19H20F3NO2. The third-order valence-electron chi connectivity index (χ3n) is 3.91. The molecule has 25 heavy (non-hydrogen) atoms. The Morgan fingerprint density at radius 2 is 1.80 bits per heavy atom. The van der Waals surface area contributed by atoms with Gasteiger partial charge < -0.3 is 10.1 Å². The molecule has 0 aromatic heterocycles. The van der Waals surface area contributed by atoms with E-state index >= 15 is 0 Å². The Balaban J connectivity index is 2.17.